The normalized spacial score (nSPS) is 11.2. The Bertz CT molecular complexity index is 965. The SMILES string of the molecule is O=c1[nH]c(-c2ccccc2)cc2c1[nH]c1ccccc12. The molecule has 2 aromatic heterocycles. The van der Waals surface area contributed by atoms with Crippen LogP contribution in [0.1, 0.15) is 0 Å². The summed E-state index contributed by atoms with van der Waals surface area (Å²) in [6, 6.07) is 19.9. The average Bonchev–Trinajstić information content (AvgIpc) is 2.88. The van der Waals surface area contributed by atoms with Crippen molar-refractivity contribution in [2.75, 3.05) is 0 Å². The van der Waals surface area contributed by atoms with Gasteiger partial charge in [0.05, 0.1) is 0 Å². The van der Waals surface area contributed by atoms with E-state index in [0.717, 1.165) is 27.5 Å². The van der Waals surface area contributed by atoms with Crippen LogP contribution in [0.2, 0.25) is 0 Å². The minimum absolute atomic E-state index is 0.0856. The number of nitrogens with one attached hydrogen (secondary N) is 2. The topological polar surface area (TPSA) is 48.6 Å². The van der Waals surface area contributed by atoms with E-state index < -0.39 is 0 Å². The van der Waals surface area contributed by atoms with Crippen LogP contribution in [0.3, 0.4) is 0 Å². The standard InChI is InChI=1S/C17H12N2O/c20-17-16-13(12-8-4-5-9-14(12)18-16)10-15(19-17)11-6-2-1-3-7-11/h1-10,18H,(H,19,20). The van der Waals surface area contributed by atoms with Crippen LogP contribution in [0.15, 0.2) is 65.5 Å². The maximum Gasteiger partial charge on any atom is 0.272 e. The van der Waals surface area contributed by atoms with Gasteiger partial charge in [-0.25, -0.2) is 0 Å². The van der Waals surface area contributed by atoms with Crippen LogP contribution >= 0.6 is 0 Å². The first-order chi connectivity index (χ1) is 9.83. The average molecular weight is 260 g/mol. The lowest BCUT2D eigenvalue weighted by Gasteiger charge is -2.01. The molecule has 0 amide bonds. The molecule has 0 atom stereocenters. The van der Waals surface area contributed by atoms with Crippen molar-refractivity contribution in [1.82, 2.24) is 9.97 Å². The third-order valence-electron chi connectivity index (χ3n) is 3.59. The molecule has 0 unspecified atom stereocenters. The minimum atomic E-state index is -0.0856. The molecule has 2 aromatic carbocycles. The minimum Gasteiger partial charge on any atom is -0.350 e. The molecule has 0 radical (unpaired) electrons. The highest BCUT2D eigenvalue weighted by atomic mass is 16.1. The molecule has 0 saturated heterocycles. The van der Waals surface area contributed by atoms with E-state index >= 15 is 0 Å². The fourth-order valence-corrected chi connectivity index (χ4v) is 2.63. The van der Waals surface area contributed by atoms with Crippen molar-refractivity contribution in [3.63, 3.8) is 0 Å². The Morgan fingerprint density at radius 2 is 1.50 bits per heavy atom. The number of hydrogen-bond acceptors (Lipinski definition) is 1. The number of para-hydroxylation sites is 1. The van der Waals surface area contributed by atoms with E-state index in [1.54, 1.807) is 0 Å². The Morgan fingerprint density at radius 1 is 0.750 bits per heavy atom. The molecule has 0 fully saturated rings. The summed E-state index contributed by atoms with van der Waals surface area (Å²) < 4.78 is 0. The van der Waals surface area contributed by atoms with Gasteiger partial charge >= 0.3 is 0 Å². The quantitative estimate of drug-likeness (QED) is 0.539. The number of benzene rings is 2. The highest BCUT2D eigenvalue weighted by Gasteiger charge is 2.09. The van der Waals surface area contributed by atoms with Gasteiger partial charge in [0.15, 0.2) is 0 Å². The Hall–Kier alpha value is -2.81. The summed E-state index contributed by atoms with van der Waals surface area (Å²) in [5.74, 6) is 0. The lowest BCUT2D eigenvalue weighted by Crippen LogP contribution is -2.06. The van der Waals surface area contributed by atoms with Crippen molar-refractivity contribution < 1.29 is 0 Å². The van der Waals surface area contributed by atoms with E-state index in [1.165, 1.54) is 0 Å². The van der Waals surface area contributed by atoms with E-state index in [0.29, 0.717) is 5.52 Å². The van der Waals surface area contributed by atoms with Crippen molar-refractivity contribution in [2.45, 2.75) is 0 Å². The van der Waals surface area contributed by atoms with Crippen molar-refractivity contribution in [3.8, 4) is 11.3 Å². The Labute approximate surface area is 114 Å². The van der Waals surface area contributed by atoms with Gasteiger partial charge in [0.1, 0.15) is 5.52 Å². The van der Waals surface area contributed by atoms with E-state index in [-0.39, 0.29) is 5.56 Å². The third kappa shape index (κ3) is 1.57. The molecule has 2 N–H and O–H groups in total. The predicted octanol–water partition coefficient (Wildman–Crippen LogP) is 3.68. The highest BCUT2D eigenvalue weighted by molar-refractivity contribution is 6.07. The molecule has 2 heterocycles. The molecule has 96 valence electrons. The zero-order valence-corrected chi connectivity index (χ0v) is 10.7. The molecular formula is C17H12N2O. The molecule has 0 spiro atoms. The summed E-state index contributed by atoms with van der Waals surface area (Å²) in [4.78, 5) is 18.4. The van der Waals surface area contributed by atoms with Gasteiger partial charge in [-0.15, -0.1) is 0 Å². The van der Waals surface area contributed by atoms with Crippen LogP contribution in [0.25, 0.3) is 33.1 Å². The van der Waals surface area contributed by atoms with Gasteiger partial charge in [0.2, 0.25) is 0 Å². The van der Waals surface area contributed by atoms with Gasteiger partial charge < -0.3 is 9.97 Å². The summed E-state index contributed by atoms with van der Waals surface area (Å²) in [7, 11) is 0. The molecule has 3 nitrogen and oxygen atoms in total. The van der Waals surface area contributed by atoms with E-state index in [4.69, 9.17) is 0 Å². The summed E-state index contributed by atoms with van der Waals surface area (Å²) in [5.41, 5.74) is 3.38. The zero-order valence-electron chi connectivity index (χ0n) is 10.7. The van der Waals surface area contributed by atoms with Gasteiger partial charge in [0.25, 0.3) is 5.56 Å². The van der Waals surface area contributed by atoms with Crippen LogP contribution in [-0.4, -0.2) is 9.97 Å². The number of H-pyrrole nitrogens is 2. The first-order valence-electron chi connectivity index (χ1n) is 6.52. The Morgan fingerprint density at radius 3 is 2.35 bits per heavy atom. The smallest absolute Gasteiger partial charge is 0.272 e. The van der Waals surface area contributed by atoms with Crippen LogP contribution in [0.5, 0.6) is 0 Å². The Kier molecular flexibility index (Phi) is 2.27. The van der Waals surface area contributed by atoms with Crippen molar-refractivity contribution in [3.05, 3.63) is 71.0 Å². The van der Waals surface area contributed by atoms with Gasteiger partial charge in [-0.3, -0.25) is 4.79 Å². The molecule has 0 aliphatic rings. The van der Waals surface area contributed by atoms with Gasteiger partial charge in [-0.05, 0) is 17.7 Å². The van der Waals surface area contributed by atoms with Gasteiger partial charge in [-0.1, -0.05) is 48.5 Å². The lowest BCUT2D eigenvalue weighted by molar-refractivity contribution is 1.26. The fourth-order valence-electron chi connectivity index (χ4n) is 2.63. The molecule has 0 saturated carbocycles. The molecule has 3 heteroatoms. The van der Waals surface area contributed by atoms with Crippen molar-refractivity contribution in [2.24, 2.45) is 0 Å². The molecule has 4 aromatic rings. The van der Waals surface area contributed by atoms with E-state index in [9.17, 15) is 4.79 Å². The first kappa shape index (κ1) is 11.1. The second kappa shape index (κ2) is 4.10. The number of rotatable bonds is 1. The second-order valence-corrected chi connectivity index (χ2v) is 4.84. The molecule has 20 heavy (non-hydrogen) atoms. The maximum atomic E-state index is 12.3. The number of hydrogen-bond donors (Lipinski definition) is 2. The molecule has 0 aliphatic heterocycles. The van der Waals surface area contributed by atoms with Crippen LogP contribution in [0.4, 0.5) is 0 Å². The summed E-state index contributed by atoms with van der Waals surface area (Å²) in [6.07, 6.45) is 0. The largest absolute Gasteiger partial charge is 0.350 e. The van der Waals surface area contributed by atoms with E-state index in [1.807, 2.05) is 60.7 Å². The van der Waals surface area contributed by atoms with Gasteiger partial charge in [-0.2, -0.15) is 0 Å². The third-order valence-corrected chi connectivity index (χ3v) is 3.59. The number of pyridine rings is 1. The van der Waals surface area contributed by atoms with Crippen LogP contribution < -0.4 is 5.56 Å². The molecule has 0 bridgehead atoms. The maximum absolute atomic E-state index is 12.3. The monoisotopic (exact) mass is 260 g/mol. The summed E-state index contributed by atoms with van der Waals surface area (Å²) in [5, 5.41) is 2.04. The predicted molar refractivity (Wildman–Crippen MR) is 81.9 cm³/mol. The first-order valence-corrected chi connectivity index (χ1v) is 6.52. The van der Waals surface area contributed by atoms with E-state index in [2.05, 4.69) is 9.97 Å². The second-order valence-electron chi connectivity index (χ2n) is 4.84. The van der Waals surface area contributed by atoms with Crippen LogP contribution in [-0.2, 0) is 0 Å². The molecule has 4 rings (SSSR count). The molecule has 0 aliphatic carbocycles. The lowest BCUT2D eigenvalue weighted by atomic mass is 10.1. The van der Waals surface area contributed by atoms with Crippen molar-refractivity contribution >= 4 is 21.8 Å². The van der Waals surface area contributed by atoms with Crippen LogP contribution in [0, 0.1) is 0 Å². The van der Waals surface area contributed by atoms with Crippen molar-refractivity contribution in [1.29, 1.82) is 0 Å². The summed E-state index contributed by atoms with van der Waals surface area (Å²) in [6.45, 7) is 0. The van der Waals surface area contributed by atoms with Gasteiger partial charge in [0, 0.05) is 22.0 Å². The molecular weight excluding hydrogens is 248 g/mol. The number of aromatic nitrogens is 2. The summed E-state index contributed by atoms with van der Waals surface area (Å²) >= 11 is 0. The highest BCUT2D eigenvalue weighted by Crippen LogP contribution is 2.26. The fraction of sp³-hybridized carbons (Fsp3) is 0. The zero-order chi connectivity index (χ0) is 13.5. The number of fused-ring (bicyclic) bond motifs is 3. The number of aromatic amines is 2. The Balaban J connectivity index is 2.11.